The van der Waals surface area contributed by atoms with Crippen LogP contribution in [0, 0.1) is 13.8 Å². The number of aryl methyl sites for hydroxylation is 2. The van der Waals surface area contributed by atoms with Crippen LogP contribution in [0.5, 0.6) is 0 Å². The van der Waals surface area contributed by atoms with E-state index in [1.165, 1.54) is 6.92 Å². The molecule has 2 N–H and O–H groups in total. The van der Waals surface area contributed by atoms with Gasteiger partial charge in [0.2, 0.25) is 5.91 Å². The van der Waals surface area contributed by atoms with Gasteiger partial charge in [-0.1, -0.05) is 35.9 Å². The van der Waals surface area contributed by atoms with Gasteiger partial charge in [0.15, 0.2) is 5.25 Å². The van der Waals surface area contributed by atoms with E-state index in [4.69, 9.17) is 11.6 Å². The largest absolute Gasteiger partial charge is 0.350 e. The van der Waals surface area contributed by atoms with Gasteiger partial charge in [-0.3, -0.25) is 19.2 Å². The summed E-state index contributed by atoms with van der Waals surface area (Å²) in [5.41, 5.74) is 2.26. The third-order valence-electron chi connectivity index (χ3n) is 4.95. The number of rotatable bonds is 7. The molecule has 0 aliphatic carbocycles. The zero-order valence-corrected chi connectivity index (χ0v) is 19.8. The van der Waals surface area contributed by atoms with Gasteiger partial charge in [-0.15, -0.1) is 0 Å². The van der Waals surface area contributed by atoms with Gasteiger partial charge in [-0.25, -0.2) is 18.2 Å². The second-order valence-electron chi connectivity index (χ2n) is 7.69. The molecule has 1 unspecified atom stereocenters. The Hall–Kier alpha value is -3.24. The first kappa shape index (κ1) is 24.4. The van der Waals surface area contributed by atoms with Crippen molar-refractivity contribution in [2.24, 2.45) is 4.99 Å². The van der Waals surface area contributed by atoms with E-state index in [0.29, 0.717) is 10.6 Å². The molecule has 2 aromatic rings. The van der Waals surface area contributed by atoms with Gasteiger partial charge in [0.05, 0.1) is 11.4 Å². The van der Waals surface area contributed by atoms with Crippen molar-refractivity contribution in [2.45, 2.75) is 32.6 Å². The average Bonchev–Trinajstić information content (AvgIpc) is 2.69. The lowest BCUT2D eigenvalue weighted by molar-refractivity contribution is -0.120. The van der Waals surface area contributed by atoms with Crippen LogP contribution in [-0.4, -0.2) is 43.8 Å². The highest BCUT2D eigenvalue weighted by Crippen LogP contribution is 2.25. The number of amides is 4. The molecule has 1 heterocycles. The molecule has 0 saturated heterocycles. The number of nitrogens with one attached hydrogen (secondary N) is 2. The second-order valence-corrected chi connectivity index (χ2v) is 10.0. The number of anilines is 1. The highest BCUT2D eigenvalue weighted by Gasteiger charge is 2.43. The molecule has 0 radical (unpaired) electrons. The van der Waals surface area contributed by atoms with Crippen LogP contribution in [0.3, 0.4) is 0 Å². The zero-order chi connectivity index (χ0) is 24.3. The molecule has 0 aromatic heterocycles. The summed E-state index contributed by atoms with van der Waals surface area (Å²) in [6, 6.07) is 11.1. The van der Waals surface area contributed by atoms with Crippen LogP contribution in [0.25, 0.3) is 0 Å². The molecule has 4 amide bonds. The summed E-state index contributed by atoms with van der Waals surface area (Å²) in [6.45, 7) is 4.38. The van der Waals surface area contributed by atoms with Crippen LogP contribution in [-0.2, 0) is 26.2 Å². The zero-order valence-electron chi connectivity index (χ0n) is 18.3. The number of urea groups is 1. The topological polar surface area (TPSA) is 125 Å². The number of hydrogen-bond acceptors (Lipinski definition) is 5. The van der Waals surface area contributed by atoms with Crippen LogP contribution in [0.1, 0.15) is 23.6 Å². The van der Waals surface area contributed by atoms with Crippen molar-refractivity contribution in [3.8, 4) is 0 Å². The lowest BCUT2D eigenvalue weighted by Crippen LogP contribution is -2.55. The van der Waals surface area contributed by atoms with Gasteiger partial charge in [0, 0.05) is 11.6 Å². The number of imide groups is 1. The number of halogens is 1. The predicted molar refractivity (Wildman–Crippen MR) is 126 cm³/mol. The summed E-state index contributed by atoms with van der Waals surface area (Å²) in [6.07, 6.45) is 0. The number of benzene rings is 2. The molecule has 33 heavy (non-hydrogen) atoms. The fourth-order valence-electron chi connectivity index (χ4n) is 3.53. The summed E-state index contributed by atoms with van der Waals surface area (Å²) in [7, 11) is -4.47. The maximum Gasteiger partial charge on any atom is 0.347 e. The molecule has 1 atom stereocenters. The number of sulfonamides is 1. The van der Waals surface area contributed by atoms with Crippen LogP contribution < -0.4 is 14.9 Å². The van der Waals surface area contributed by atoms with E-state index >= 15 is 0 Å². The molecule has 9 nitrogen and oxygen atoms in total. The molecule has 2 aromatic carbocycles. The standard InChI is InChI=1S/C22H23ClN4O5S/c1-13-8-14(2)10-17(9-13)27(12-19(28)24-11-16-6-4-5-7-18(16)23)33(31,32)20-15(3)25-22(30)26-21(20)29/h4-10,20H,11-12H2,1-3H3,(H,24,28)(H,26,29,30). The molecule has 3 rings (SSSR count). The van der Waals surface area contributed by atoms with Crippen molar-refractivity contribution in [1.82, 2.24) is 10.6 Å². The van der Waals surface area contributed by atoms with Crippen molar-refractivity contribution in [3.05, 3.63) is 64.2 Å². The third-order valence-corrected chi connectivity index (χ3v) is 7.42. The van der Waals surface area contributed by atoms with Crippen molar-refractivity contribution in [2.75, 3.05) is 10.8 Å². The molecular weight excluding hydrogens is 468 g/mol. The van der Waals surface area contributed by atoms with Crippen molar-refractivity contribution in [3.63, 3.8) is 0 Å². The molecular formula is C22H23ClN4O5S. The number of aliphatic imine (C=N–C) groups is 1. The molecule has 1 aliphatic rings. The van der Waals surface area contributed by atoms with E-state index in [2.05, 4.69) is 10.3 Å². The van der Waals surface area contributed by atoms with Gasteiger partial charge in [-0.05, 0) is 55.7 Å². The van der Waals surface area contributed by atoms with Crippen LogP contribution >= 0.6 is 11.6 Å². The molecule has 0 saturated carbocycles. The Morgan fingerprint density at radius 1 is 1.12 bits per heavy atom. The number of carbonyl (C=O) groups is 3. The smallest absolute Gasteiger partial charge is 0.347 e. The molecule has 1 aliphatic heterocycles. The van der Waals surface area contributed by atoms with Gasteiger partial charge in [-0.2, -0.15) is 0 Å². The third kappa shape index (κ3) is 5.58. The van der Waals surface area contributed by atoms with Gasteiger partial charge in [0.25, 0.3) is 15.9 Å². The van der Waals surface area contributed by atoms with E-state index in [0.717, 1.165) is 15.4 Å². The van der Waals surface area contributed by atoms with Crippen LogP contribution in [0.15, 0.2) is 47.5 Å². The van der Waals surface area contributed by atoms with Gasteiger partial charge in [0.1, 0.15) is 6.54 Å². The number of carbonyl (C=O) groups excluding carboxylic acids is 3. The van der Waals surface area contributed by atoms with E-state index < -0.39 is 39.7 Å². The average molecular weight is 491 g/mol. The maximum absolute atomic E-state index is 13.6. The molecule has 11 heteroatoms. The van der Waals surface area contributed by atoms with E-state index in [9.17, 15) is 22.8 Å². The minimum Gasteiger partial charge on any atom is -0.350 e. The summed E-state index contributed by atoms with van der Waals surface area (Å²) >= 11 is 6.12. The molecule has 0 fully saturated rings. The Kier molecular flexibility index (Phi) is 7.19. The van der Waals surface area contributed by atoms with Crippen molar-refractivity contribution in [1.29, 1.82) is 0 Å². The molecule has 174 valence electrons. The number of nitrogens with zero attached hydrogens (tertiary/aromatic N) is 2. The Balaban J connectivity index is 1.95. The predicted octanol–water partition coefficient (Wildman–Crippen LogP) is 2.49. The Morgan fingerprint density at radius 3 is 2.36 bits per heavy atom. The summed E-state index contributed by atoms with van der Waals surface area (Å²) in [5, 5.41) is 3.30. The molecule has 0 spiro atoms. The fourth-order valence-corrected chi connectivity index (χ4v) is 5.50. The lowest BCUT2D eigenvalue weighted by Gasteiger charge is -2.29. The molecule has 0 bridgehead atoms. The monoisotopic (exact) mass is 490 g/mol. The first-order valence-corrected chi connectivity index (χ1v) is 11.9. The van der Waals surface area contributed by atoms with Gasteiger partial charge < -0.3 is 5.32 Å². The summed E-state index contributed by atoms with van der Waals surface area (Å²) in [4.78, 5) is 40.3. The first-order chi connectivity index (χ1) is 15.5. The van der Waals surface area contributed by atoms with Crippen LogP contribution in [0.4, 0.5) is 10.5 Å². The van der Waals surface area contributed by atoms with Crippen LogP contribution in [0.2, 0.25) is 5.02 Å². The van der Waals surface area contributed by atoms with E-state index in [1.54, 1.807) is 50.2 Å². The Morgan fingerprint density at radius 2 is 1.76 bits per heavy atom. The minimum absolute atomic E-state index is 0.0954. The van der Waals surface area contributed by atoms with Crippen molar-refractivity contribution < 1.29 is 22.8 Å². The lowest BCUT2D eigenvalue weighted by atomic mass is 10.1. The van der Waals surface area contributed by atoms with Crippen molar-refractivity contribution >= 4 is 50.9 Å². The fraction of sp³-hybridized carbons (Fsp3) is 0.273. The highest BCUT2D eigenvalue weighted by molar-refractivity contribution is 7.95. The summed E-state index contributed by atoms with van der Waals surface area (Å²) in [5.74, 6) is -1.61. The quantitative estimate of drug-likeness (QED) is 0.616. The van der Waals surface area contributed by atoms with Gasteiger partial charge >= 0.3 is 6.03 Å². The maximum atomic E-state index is 13.6. The minimum atomic E-state index is -4.47. The highest BCUT2D eigenvalue weighted by atomic mass is 35.5. The van der Waals surface area contributed by atoms with E-state index in [-0.39, 0.29) is 17.9 Å². The normalized spacial score (nSPS) is 16.1. The number of hydrogen-bond donors (Lipinski definition) is 2. The second kappa shape index (κ2) is 9.72. The Labute approximate surface area is 196 Å². The van der Waals surface area contributed by atoms with E-state index in [1.807, 2.05) is 11.4 Å². The SMILES string of the molecule is CC1=NC(=O)NC(=O)C1S(=O)(=O)N(CC(=O)NCc1ccccc1Cl)c1cc(C)cc(C)c1. The summed E-state index contributed by atoms with van der Waals surface area (Å²) < 4.78 is 28.0. The Bertz CT molecular complexity index is 1240. The first-order valence-electron chi connectivity index (χ1n) is 9.99.